The van der Waals surface area contributed by atoms with Crippen LogP contribution in [0.25, 0.3) is 0 Å². The monoisotopic (exact) mass is 190 g/mol. The van der Waals surface area contributed by atoms with Crippen LogP contribution in [-0.2, 0) is 19.4 Å². The van der Waals surface area contributed by atoms with E-state index in [0.717, 1.165) is 0 Å². The summed E-state index contributed by atoms with van der Waals surface area (Å²) >= 11 is 0. The Morgan fingerprint density at radius 2 is 2.08 bits per heavy atom. The average molecular weight is 190 g/mol. The number of rotatable bonds is 0. The van der Waals surface area contributed by atoms with Crippen molar-refractivity contribution in [2.24, 2.45) is 0 Å². The number of ether oxygens (including phenoxy) is 1. The van der Waals surface area contributed by atoms with Gasteiger partial charge in [-0.05, 0) is 6.42 Å². The number of esters is 1. The first-order chi connectivity index (χ1) is 5.52. The van der Waals surface area contributed by atoms with Crippen molar-refractivity contribution in [2.75, 3.05) is 11.5 Å². The summed E-state index contributed by atoms with van der Waals surface area (Å²) in [4.78, 5) is 10.8. The van der Waals surface area contributed by atoms with Crippen LogP contribution in [0.15, 0.2) is 0 Å². The van der Waals surface area contributed by atoms with Gasteiger partial charge in [-0.15, -0.1) is 0 Å². The maximum absolute atomic E-state index is 11.1. The van der Waals surface area contributed by atoms with Crippen LogP contribution in [0, 0.1) is 0 Å². The molecule has 0 aromatic heterocycles. The number of sulfone groups is 1. The Balaban J connectivity index is 2.22. The van der Waals surface area contributed by atoms with Crippen molar-refractivity contribution in [3.05, 3.63) is 0 Å². The zero-order chi connectivity index (χ0) is 8.82. The van der Waals surface area contributed by atoms with Gasteiger partial charge in [-0.2, -0.15) is 0 Å². The van der Waals surface area contributed by atoms with E-state index in [4.69, 9.17) is 4.74 Å². The van der Waals surface area contributed by atoms with Gasteiger partial charge in [0.15, 0.2) is 9.84 Å². The standard InChI is InChI=1S/C7H10O4S/c8-6-1-2-7(11-6)3-4-12(9,10)5-7/h1-5H2. The molecular weight excluding hydrogens is 180 g/mol. The van der Waals surface area contributed by atoms with Gasteiger partial charge in [0.2, 0.25) is 0 Å². The lowest BCUT2D eigenvalue weighted by atomic mass is 10.0. The summed E-state index contributed by atoms with van der Waals surface area (Å²) in [5, 5.41) is 0. The van der Waals surface area contributed by atoms with Crippen molar-refractivity contribution in [3.8, 4) is 0 Å². The molecule has 0 aromatic carbocycles. The van der Waals surface area contributed by atoms with Crippen molar-refractivity contribution in [2.45, 2.75) is 24.9 Å². The molecule has 2 heterocycles. The Hall–Kier alpha value is -0.580. The summed E-state index contributed by atoms with van der Waals surface area (Å²) in [5.41, 5.74) is -0.643. The van der Waals surface area contributed by atoms with Gasteiger partial charge in [0.25, 0.3) is 0 Å². The normalized spacial score (nSPS) is 38.8. The molecule has 2 aliphatic rings. The van der Waals surface area contributed by atoms with Gasteiger partial charge in [0.05, 0.1) is 11.5 Å². The van der Waals surface area contributed by atoms with E-state index in [9.17, 15) is 13.2 Å². The van der Waals surface area contributed by atoms with Crippen molar-refractivity contribution < 1.29 is 17.9 Å². The van der Waals surface area contributed by atoms with Gasteiger partial charge in [-0.1, -0.05) is 0 Å². The van der Waals surface area contributed by atoms with Gasteiger partial charge >= 0.3 is 5.97 Å². The Labute approximate surface area is 70.8 Å². The first-order valence-electron chi connectivity index (χ1n) is 3.94. The molecular formula is C7H10O4S. The van der Waals surface area contributed by atoms with Crippen molar-refractivity contribution in [3.63, 3.8) is 0 Å². The SMILES string of the molecule is O=C1CCC2(CCS(=O)(=O)C2)O1. The van der Waals surface area contributed by atoms with Crippen LogP contribution in [0.3, 0.4) is 0 Å². The molecule has 1 atom stereocenters. The fourth-order valence-electron chi connectivity index (χ4n) is 1.84. The van der Waals surface area contributed by atoms with Gasteiger partial charge in [-0.25, -0.2) is 8.42 Å². The average Bonchev–Trinajstić information content (AvgIpc) is 2.41. The van der Waals surface area contributed by atoms with E-state index >= 15 is 0 Å². The summed E-state index contributed by atoms with van der Waals surface area (Å²) in [5.74, 6) is -0.0569. The van der Waals surface area contributed by atoms with Crippen LogP contribution in [-0.4, -0.2) is 31.5 Å². The molecule has 0 radical (unpaired) electrons. The zero-order valence-electron chi connectivity index (χ0n) is 6.58. The summed E-state index contributed by atoms with van der Waals surface area (Å²) < 4.78 is 27.2. The van der Waals surface area contributed by atoms with Crippen LogP contribution >= 0.6 is 0 Å². The molecule has 4 nitrogen and oxygen atoms in total. The van der Waals surface area contributed by atoms with Crippen molar-refractivity contribution >= 4 is 15.8 Å². The molecule has 0 aromatic rings. The molecule has 12 heavy (non-hydrogen) atoms. The Morgan fingerprint density at radius 3 is 2.50 bits per heavy atom. The fraction of sp³-hybridized carbons (Fsp3) is 0.857. The molecule has 68 valence electrons. The predicted molar refractivity (Wildman–Crippen MR) is 41.3 cm³/mol. The molecule has 2 saturated heterocycles. The molecule has 0 saturated carbocycles. The number of carbonyl (C=O) groups excluding carboxylic acids is 1. The van der Waals surface area contributed by atoms with Crippen LogP contribution in [0.5, 0.6) is 0 Å². The molecule has 5 heteroatoms. The quantitative estimate of drug-likeness (QED) is 0.500. The van der Waals surface area contributed by atoms with E-state index in [1.54, 1.807) is 0 Å². The number of carbonyl (C=O) groups is 1. The maximum atomic E-state index is 11.1. The van der Waals surface area contributed by atoms with E-state index in [2.05, 4.69) is 0 Å². The third-order valence-corrected chi connectivity index (χ3v) is 4.26. The van der Waals surface area contributed by atoms with Crippen LogP contribution in [0.1, 0.15) is 19.3 Å². The molecule has 0 N–H and O–H groups in total. The molecule has 2 fully saturated rings. The van der Waals surface area contributed by atoms with E-state index < -0.39 is 15.4 Å². The highest BCUT2D eigenvalue weighted by Gasteiger charge is 2.48. The Morgan fingerprint density at radius 1 is 1.33 bits per heavy atom. The molecule has 0 amide bonds. The smallest absolute Gasteiger partial charge is 0.306 e. The van der Waals surface area contributed by atoms with Crippen molar-refractivity contribution in [1.29, 1.82) is 0 Å². The molecule has 2 rings (SSSR count). The summed E-state index contributed by atoms with van der Waals surface area (Å²) in [7, 11) is -2.94. The number of hydrogen-bond donors (Lipinski definition) is 0. The van der Waals surface area contributed by atoms with E-state index in [1.165, 1.54) is 0 Å². The minimum atomic E-state index is -2.94. The van der Waals surface area contributed by atoms with E-state index in [-0.39, 0.29) is 17.5 Å². The lowest BCUT2D eigenvalue weighted by Gasteiger charge is -2.18. The Kier molecular flexibility index (Phi) is 1.49. The second kappa shape index (κ2) is 2.22. The molecule has 2 aliphatic heterocycles. The van der Waals surface area contributed by atoms with Crippen molar-refractivity contribution in [1.82, 2.24) is 0 Å². The summed E-state index contributed by atoms with van der Waals surface area (Å²) in [6.07, 6.45) is 1.43. The van der Waals surface area contributed by atoms with E-state index in [0.29, 0.717) is 19.3 Å². The highest BCUT2D eigenvalue weighted by atomic mass is 32.2. The first kappa shape index (κ1) is 8.04. The number of hydrogen-bond acceptors (Lipinski definition) is 4. The van der Waals surface area contributed by atoms with Crippen LogP contribution in [0.2, 0.25) is 0 Å². The largest absolute Gasteiger partial charge is 0.458 e. The minimum Gasteiger partial charge on any atom is -0.458 e. The van der Waals surface area contributed by atoms with E-state index in [1.807, 2.05) is 0 Å². The topological polar surface area (TPSA) is 60.4 Å². The highest BCUT2D eigenvalue weighted by Crippen LogP contribution is 2.36. The second-order valence-corrected chi connectivity index (χ2v) is 5.68. The first-order valence-corrected chi connectivity index (χ1v) is 5.76. The summed E-state index contributed by atoms with van der Waals surface area (Å²) in [6.45, 7) is 0. The van der Waals surface area contributed by atoms with Crippen LogP contribution < -0.4 is 0 Å². The summed E-state index contributed by atoms with van der Waals surface area (Å²) in [6, 6.07) is 0. The zero-order valence-corrected chi connectivity index (χ0v) is 7.39. The predicted octanol–water partition coefficient (Wildman–Crippen LogP) is -0.119. The highest BCUT2D eigenvalue weighted by molar-refractivity contribution is 7.91. The van der Waals surface area contributed by atoms with Gasteiger partial charge in [0.1, 0.15) is 5.60 Å². The Bertz CT molecular complexity index is 318. The van der Waals surface area contributed by atoms with Gasteiger partial charge < -0.3 is 4.74 Å². The third-order valence-electron chi connectivity index (χ3n) is 2.47. The lowest BCUT2D eigenvalue weighted by Crippen LogP contribution is -2.29. The second-order valence-electron chi connectivity index (χ2n) is 3.50. The maximum Gasteiger partial charge on any atom is 0.306 e. The minimum absolute atomic E-state index is 0.0335. The van der Waals surface area contributed by atoms with Crippen LogP contribution in [0.4, 0.5) is 0 Å². The molecule has 1 spiro atoms. The molecule has 1 unspecified atom stereocenters. The lowest BCUT2D eigenvalue weighted by molar-refractivity contribution is -0.146. The van der Waals surface area contributed by atoms with Gasteiger partial charge in [-0.3, -0.25) is 4.79 Å². The molecule has 0 bridgehead atoms. The van der Waals surface area contributed by atoms with Gasteiger partial charge in [0, 0.05) is 12.8 Å². The fourth-order valence-corrected chi connectivity index (χ4v) is 3.81. The molecule has 0 aliphatic carbocycles. The third kappa shape index (κ3) is 1.22.